The molecule has 4 heteroatoms. The normalized spacial score (nSPS) is 12.4. The van der Waals surface area contributed by atoms with Crippen LogP contribution in [0, 0.1) is 0 Å². The molecule has 0 N–H and O–H groups in total. The summed E-state index contributed by atoms with van der Waals surface area (Å²) in [4.78, 5) is 3.64. The SMILES string of the molecule is CC(c1cccs1)N(C)c1ccc(Br)cc1CCl. The Morgan fingerprint density at radius 2 is 2.17 bits per heavy atom. The van der Waals surface area contributed by atoms with Gasteiger partial charge in [0, 0.05) is 28.0 Å². The summed E-state index contributed by atoms with van der Waals surface area (Å²) in [5.74, 6) is 0.524. The Kier molecular flexibility index (Phi) is 4.71. The minimum absolute atomic E-state index is 0.355. The average Bonchev–Trinajstić information content (AvgIpc) is 2.90. The molecule has 0 aliphatic carbocycles. The minimum atomic E-state index is 0.355. The van der Waals surface area contributed by atoms with Crippen molar-refractivity contribution in [2.24, 2.45) is 0 Å². The molecule has 0 saturated heterocycles. The average molecular weight is 345 g/mol. The molecule has 1 nitrogen and oxygen atoms in total. The van der Waals surface area contributed by atoms with Crippen LogP contribution in [0.1, 0.15) is 23.4 Å². The third-order valence-electron chi connectivity index (χ3n) is 3.10. The molecule has 0 radical (unpaired) electrons. The van der Waals surface area contributed by atoms with Gasteiger partial charge in [0.2, 0.25) is 0 Å². The Bertz CT molecular complexity index is 513. The van der Waals surface area contributed by atoms with Crippen LogP contribution in [-0.4, -0.2) is 7.05 Å². The molecule has 1 aromatic heterocycles. The van der Waals surface area contributed by atoms with Gasteiger partial charge in [0.25, 0.3) is 0 Å². The quantitative estimate of drug-likeness (QED) is 0.667. The van der Waals surface area contributed by atoms with E-state index in [0.717, 1.165) is 10.0 Å². The van der Waals surface area contributed by atoms with Gasteiger partial charge in [-0.1, -0.05) is 22.0 Å². The standard InChI is InChI=1S/C14H15BrClNS/c1-10(14-4-3-7-18-14)17(2)13-6-5-12(15)8-11(13)9-16/h3-8,10H,9H2,1-2H3. The van der Waals surface area contributed by atoms with E-state index in [0.29, 0.717) is 11.9 Å². The monoisotopic (exact) mass is 343 g/mol. The van der Waals surface area contributed by atoms with Gasteiger partial charge in [-0.05, 0) is 42.1 Å². The van der Waals surface area contributed by atoms with Crippen LogP contribution < -0.4 is 4.90 Å². The van der Waals surface area contributed by atoms with Crippen molar-refractivity contribution in [3.05, 3.63) is 50.6 Å². The molecular formula is C14H15BrClNS. The maximum Gasteiger partial charge on any atom is 0.0603 e. The topological polar surface area (TPSA) is 3.24 Å². The Hall–Kier alpha value is -0.510. The van der Waals surface area contributed by atoms with Gasteiger partial charge in [0.1, 0.15) is 0 Å². The van der Waals surface area contributed by atoms with Crippen LogP contribution in [-0.2, 0) is 5.88 Å². The molecule has 2 aromatic rings. The van der Waals surface area contributed by atoms with Gasteiger partial charge in [-0.3, -0.25) is 0 Å². The van der Waals surface area contributed by atoms with E-state index >= 15 is 0 Å². The summed E-state index contributed by atoms with van der Waals surface area (Å²) in [6, 6.07) is 10.9. The molecule has 0 spiro atoms. The first kappa shape index (κ1) is 13.9. The highest BCUT2D eigenvalue weighted by Gasteiger charge is 2.15. The van der Waals surface area contributed by atoms with Gasteiger partial charge in [0.15, 0.2) is 0 Å². The Balaban J connectivity index is 2.31. The summed E-state index contributed by atoms with van der Waals surface area (Å²) in [6.45, 7) is 2.21. The summed E-state index contributed by atoms with van der Waals surface area (Å²) in [6.07, 6.45) is 0. The first-order valence-corrected chi connectivity index (χ1v) is 7.95. The predicted octanol–water partition coefficient (Wildman–Crippen LogP) is 5.45. The van der Waals surface area contributed by atoms with Crippen molar-refractivity contribution in [2.75, 3.05) is 11.9 Å². The zero-order chi connectivity index (χ0) is 13.1. The fourth-order valence-electron chi connectivity index (χ4n) is 1.93. The number of alkyl halides is 1. The van der Waals surface area contributed by atoms with E-state index < -0.39 is 0 Å². The molecule has 0 fully saturated rings. The molecule has 2 rings (SSSR count). The fourth-order valence-corrected chi connectivity index (χ4v) is 3.38. The molecule has 1 heterocycles. The first-order chi connectivity index (χ1) is 8.63. The van der Waals surface area contributed by atoms with E-state index in [9.17, 15) is 0 Å². The summed E-state index contributed by atoms with van der Waals surface area (Å²) in [7, 11) is 2.11. The summed E-state index contributed by atoms with van der Waals surface area (Å²) in [5, 5.41) is 2.11. The second kappa shape index (κ2) is 6.09. The Morgan fingerprint density at radius 1 is 1.39 bits per heavy atom. The number of benzene rings is 1. The lowest BCUT2D eigenvalue weighted by atomic mass is 10.1. The molecule has 1 aromatic carbocycles. The number of hydrogen-bond donors (Lipinski definition) is 0. The van der Waals surface area contributed by atoms with Crippen LogP contribution in [0.15, 0.2) is 40.2 Å². The van der Waals surface area contributed by atoms with Gasteiger partial charge in [-0.2, -0.15) is 0 Å². The summed E-state index contributed by atoms with van der Waals surface area (Å²) < 4.78 is 1.07. The maximum absolute atomic E-state index is 6.03. The molecule has 0 aliphatic heterocycles. The largest absolute Gasteiger partial charge is 0.367 e. The van der Waals surface area contributed by atoms with Gasteiger partial charge in [-0.25, -0.2) is 0 Å². The van der Waals surface area contributed by atoms with E-state index in [-0.39, 0.29) is 0 Å². The van der Waals surface area contributed by atoms with Gasteiger partial charge in [-0.15, -0.1) is 22.9 Å². The first-order valence-electron chi connectivity index (χ1n) is 5.74. The molecule has 96 valence electrons. The Morgan fingerprint density at radius 3 is 2.78 bits per heavy atom. The van der Waals surface area contributed by atoms with E-state index in [1.807, 2.05) is 0 Å². The molecule has 0 bridgehead atoms. The van der Waals surface area contributed by atoms with Crippen LogP contribution in [0.3, 0.4) is 0 Å². The van der Waals surface area contributed by atoms with Crippen LogP contribution in [0.4, 0.5) is 5.69 Å². The Labute approximate surface area is 126 Å². The lowest BCUT2D eigenvalue weighted by Crippen LogP contribution is -2.21. The molecule has 0 amide bonds. The molecule has 18 heavy (non-hydrogen) atoms. The van der Waals surface area contributed by atoms with E-state index in [1.165, 1.54) is 10.6 Å². The van der Waals surface area contributed by atoms with Crippen LogP contribution in [0.2, 0.25) is 0 Å². The van der Waals surface area contributed by atoms with Crippen molar-refractivity contribution in [1.29, 1.82) is 0 Å². The van der Waals surface area contributed by atoms with E-state index in [4.69, 9.17) is 11.6 Å². The minimum Gasteiger partial charge on any atom is -0.367 e. The lowest BCUT2D eigenvalue weighted by molar-refractivity contribution is 0.751. The molecular weight excluding hydrogens is 330 g/mol. The highest BCUT2D eigenvalue weighted by atomic mass is 79.9. The number of halogens is 2. The predicted molar refractivity (Wildman–Crippen MR) is 84.8 cm³/mol. The zero-order valence-electron chi connectivity index (χ0n) is 10.4. The van der Waals surface area contributed by atoms with Crippen molar-refractivity contribution < 1.29 is 0 Å². The van der Waals surface area contributed by atoms with Crippen molar-refractivity contribution in [1.82, 2.24) is 0 Å². The van der Waals surface area contributed by atoms with Crippen molar-refractivity contribution >= 4 is 44.6 Å². The highest BCUT2D eigenvalue weighted by Crippen LogP contribution is 2.32. The van der Waals surface area contributed by atoms with Gasteiger partial charge < -0.3 is 4.90 Å². The third-order valence-corrected chi connectivity index (χ3v) is 4.93. The molecule has 0 aliphatic rings. The van der Waals surface area contributed by atoms with Crippen LogP contribution in [0.25, 0.3) is 0 Å². The van der Waals surface area contributed by atoms with Gasteiger partial charge >= 0.3 is 0 Å². The van der Waals surface area contributed by atoms with E-state index in [2.05, 4.69) is 70.5 Å². The third kappa shape index (κ3) is 2.90. The van der Waals surface area contributed by atoms with Crippen LogP contribution >= 0.6 is 38.9 Å². The summed E-state index contributed by atoms with van der Waals surface area (Å²) in [5.41, 5.74) is 2.34. The van der Waals surface area contributed by atoms with Crippen molar-refractivity contribution in [3.8, 4) is 0 Å². The highest BCUT2D eigenvalue weighted by molar-refractivity contribution is 9.10. The second-order valence-electron chi connectivity index (χ2n) is 4.21. The maximum atomic E-state index is 6.03. The summed E-state index contributed by atoms with van der Waals surface area (Å²) >= 11 is 11.3. The zero-order valence-corrected chi connectivity index (χ0v) is 13.5. The number of nitrogens with zero attached hydrogens (tertiary/aromatic N) is 1. The number of rotatable bonds is 4. The molecule has 1 unspecified atom stereocenters. The van der Waals surface area contributed by atoms with Gasteiger partial charge in [0.05, 0.1) is 6.04 Å². The number of anilines is 1. The fraction of sp³-hybridized carbons (Fsp3) is 0.286. The van der Waals surface area contributed by atoms with Crippen molar-refractivity contribution in [3.63, 3.8) is 0 Å². The molecule has 0 saturated carbocycles. The lowest BCUT2D eigenvalue weighted by Gasteiger charge is -2.28. The second-order valence-corrected chi connectivity index (χ2v) is 6.37. The number of hydrogen-bond acceptors (Lipinski definition) is 2. The van der Waals surface area contributed by atoms with Crippen LogP contribution in [0.5, 0.6) is 0 Å². The van der Waals surface area contributed by atoms with E-state index in [1.54, 1.807) is 11.3 Å². The number of thiophene rings is 1. The van der Waals surface area contributed by atoms with Crippen molar-refractivity contribution in [2.45, 2.75) is 18.8 Å². The smallest absolute Gasteiger partial charge is 0.0603 e. The molecule has 1 atom stereocenters.